The summed E-state index contributed by atoms with van der Waals surface area (Å²) in [6.45, 7) is 6.78. The van der Waals surface area contributed by atoms with Crippen molar-refractivity contribution in [2.75, 3.05) is 42.7 Å². The van der Waals surface area contributed by atoms with Crippen LogP contribution in [0.2, 0.25) is 16.6 Å². The topological polar surface area (TPSA) is 55.4 Å². The molecule has 3 unspecified atom stereocenters. The van der Waals surface area contributed by atoms with E-state index in [0.29, 0.717) is 0 Å². The van der Waals surface area contributed by atoms with Gasteiger partial charge in [-0.3, -0.25) is 0 Å². The fourth-order valence-electron chi connectivity index (χ4n) is 6.93. The van der Waals surface area contributed by atoms with Crippen molar-refractivity contribution in [2.24, 2.45) is 5.92 Å². The molecule has 9 heteroatoms. The molecule has 0 spiro atoms. The largest absolute Gasteiger partial charge is 0.394 e. The van der Waals surface area contributed by atoms with E-state index < -0.39 is 25.7 Å². The standard InChI is InChI=1S/C31H46O6Si3/c1-25(38(32-4,33-5)28-19-13-10-14-20-28)31(26(2)39(34-6,35-7)29-21-15-11-16-22-29)27(3)40(36-8,37-9)30-23-17-12-18-24-30/h10-27,31H,1-9H3. The lowest BCUT2D eigenvalue weighted by Crippen LogP contribution is -2.65. The Morgan fingerprint density at radius 3 is 0.750 bits per heavy atom. The van der Waals surface area contributed by atoms with Crippen molar-refractivity contribution >= 4 is 41.2 Å². The summed E-state index contributed by atoms with van der Waals surface area (Å²) in [5.74, 6) is -0.0229. The number of hydrogen-bond acceptors (Lipinski definition) is 6. The molecule has 3 aromatic carbocycles. The van der Waals surface area contributed by atoms with E-state index >= 15 is 0 Å². The van der Waals surface area contributed by atoms with Crippen molar-refractivity contribution in [3.8, 4) is 0 Å². The first-order valence-corrected chi connectivity index (χ1v) is 19.4. The van der Waals surface area contributed by atoms with Gasteiger partial charge in [0, 0.05) is 59.3 Å². The molecular formula is C31H46O6Si3. The first-order valence-electron chi connectivity index (χ1n) is 13.8. The molecule has 218 valence electrons. The van der Waals surface area contributed by atoms with Crippen LogP contribution in [-0.2, 0) is 26.6 Å². The highest BCUT2D eigenvalue weighted by molar-refractivity contribution is 6.85. The molecule has 0 fully saturated rings. The van der Waals surface area contributed by atoms with Crippen LogP contribution in [0.15, 0.2) is 91.0 Å². The average molecular weight is 599 g/mol. The summed E-state index contributed by atoms with van der Waals surface area (Å²) in [7, 11) is 1.64. The molecule has 0 aromatic heterocycles. The molecule has 3 aromatic rings. The minimum Gasteiger partial charge on any atom is -0.394 e. The van der Waals surface area contributed by atoms with Gasteiger partial charge in [-0.25, -0.2) is 0 Å². The first kappa shape index (κ1) is 32.6. The number of hydrogen-bond donors (Lipinski definition) is 0. The third-order valence-electron chi connectivity index (χ3n) is 8.88. The molecule has 40 heavy (non-hydrogen) atoms. The Morgan fingerprint density at radius 1 is 0.375 bits per heavy atom. The second kappa shape index (κ2) is 14.3. The first-order chi connectivity index (χ1) is 19.3. The second-order valence-electron chi connectivity index (χ2n) is 10.3. The van der Waals surface area contributed by atoms with Crippen LogP contribution < -0.4 is 15.6 Å². The molecule has 0 aliphatic heterocycles. The van der Waals surface area contributed by atoms with Gasteiger partial charge in [0.2, 0.25) is 0 Å². The molecule has 0 bridgehead atoms. The Bertz CT molecular complexity index is 993. The van der Waals surface area contributed by atoms with Gasteiger partial charge in [0.15, 0.2) is 0 Å². The summed E-state index contributed by atoms with van der Waals surface area (Å²) >= 11 is 0. The van der Waals surface area contributed by atoms with Crippen LogP contribution >= 0.6 is 0 Å². The van der Waals surface area contributed by atoms with Crippen molar-refractivity contribution in [3.05, 3.63) is 91.0 Å². The summed E-state index contributed by atoms with van der Waals surface area (Å²) in [4.78, 5) is 0. The van der Waals surface area contributed by atoms with Crippen molar-refractivity contribution < 1.29 is 26.6 Å². The molecule has 0 saturated carbocycles. The molecule has 0 saturated heterocycles. The van der Waals surface area contributed by atoms with E-state index in [-0.39, 0.29) is 22.5 Å². The molecule has 0 amide bonds. The van der Waals surface area contributed by atoms with Gasteiger partial charge in [0.05, 0.1) is 0 Å². The smallest absolute Gasteiger partial charge is 0.375 e. The predicted molar refractivity (Wildman–Crippen MR) is 169 cm³/mol. The molecule has 3 atom stereocenters. The third kappa shape index (κ3) is 5.72. The van der Waals surface area contributed by atoms with E-state index in [1.165, 1.54) is 0 Å². The molecular weight excluding hydrogens is 553 g/mol. The van der Waals surface area contributed by atoms with Gasteiger partial charge in [-0.1, -0.05) is 112 Å². The van der Waals surface area contributed by atoms with Gasteiger partial charge >= 0.3 is 25.7 Å². The minimum absolute atomic E-state index is 0.0229. The summed E-state index contributed by atoms with van der Waals surface area (Å²) in [6.07, 6.45) is 0. The summed E-state index contributed by atoms with van der Waals surface area (Å²) < 4.78 is 38.8. The zero-order valence-corrected chi connectivity index (χ0v) is 28.4. The van der Waals surface area contributed by atoms with Crippen molar-refractivity contribution in [3.63, 3.8) is 0 Å². The van der Waals surface area contributed by atoms with Crippen LogP contribution in [-0.4, -0.2) is 68.3 Å². The van der Waals surface area contributed by atoms with Crippen LogP contribution in [0.3, 0.4) is 0 Å². The molecule has 0 N–H and O–H groups in total. The predicted octanol–water partition coefficient (Wildman–Crippen LogP) is 4.70. The Labute approximate surface area is 244 Å². The third-order valence-corrected chi connectivity index (χ3v) is 20.7. The number of benzene rings is 3. The second-order valence-corrected chi connectivity index (χ2v) is 21.2. The lowest BCUT2D eigenvalue weighted by atomic mass is 9.98. The molecule has 0 aliphatic carbocycles. The van der Waals surface area contributed by atoms with E-state index in [4.69, 9.17) is 26.6 Å². The molecule has 0 radical (unpaired) electrons. The average Bonchev–Trinajstić information content (AvgIpc) is 3.02. The maximum atomic E-state index is 6.47. The number of rotatable bonds is 15. The molecule has 0 aliphatic rings. The fraction of sp³-hybridized carbons (Fsp3) is 0.419. The fourth-order valence-corrected chi connectivity index (χ4v) is 18.5. The summed E-state index contributed by atoms with van der Waals surface area (Å²) in [6, 6.07) is 31.0. The zero-order chi connectivity index (χ0) is 29.4. The normalized spacial score (nSPS) is 15.8. The van der Waals surface area contributed by atoms with Crippen molar-refractivity contribution in [1.29, 1.82) is 0 Å². The van der Waals surface area contributed by atoms with E-state index in [9.17, 15) is 0 Å². The van der Waals surface area contributed by atoms with Gasteiger partial charge < -0.3 is 26.6 Å². The maximum Gasteiger partial charge on any atom is 0.375 e. The van der Waals surface area contributed by atoms with Crippen LogP contribution in [0.4, 0.5) is 0 Å². The summed E-state index contributed by atoms with van der Waals surface area (Å²) in [5, 5.41) is 3.25. The Balaban J connectivity index is 2.32. The Morgan fingerprint density at radius 2 is 0.575 bits per heavy atom. The highest BCUT2D eigenvalue weighted by atomic mass is 28.4. The highest BCUT2D eigenvalue weighted by Crippen LogP contribution is 2.51. The Kier molecular flexibility index (Phi) is 11.7. The van der Waals surface area contributed by atoms with E-state index in [2.05, 4.69) is 57.2 Å². The van der Waals surface area contributed by atoms with Gasteiger partial charge in [-0.05, 0) is 21.5 Å². The van der Waals surface area contributed by atoms with E-state index in [1.807, 2.05) is 54.6 Å². The van der Waals surface area contributed by atoms with Crippen molar-refractivity contribution in [1.82, 2.24) is 0 Å². The lowest BCUT2D eigenvalue weighted by molar-refractivity contribution is 0.187. The monoisotopic (exact) mass is 598 g/mol. The van der Waals surface area contributed by atoms with Gasteiger partial charge in [-0.2, -0.15) is 0 Å². The SMILES string of the molecule is CO[Si](OC)(c1ccccc1)C(C)C(C(C)[Si](OC)(OC)c1ccccc1)C(C)[Si](OC)(OC)c1ccccc1. The van der Waals surface area contributed by atoms with E-state index in [0.717, 1.165) is 15.6 Å². The van der Waals surface area contributed by atoms with Gasteiger partial charge in [0.1, 0.15) is 0 Å². The van der Waals surface area contributed by atoms with Crippen molar-refractivity contribution in [2.45, 2.75) is 37.4 Å². The van der Waals surface area contributed by atoms with Crippen LogP contribution in [0.1, 0.15) is 20.8 Å². The Hall–Kier alpha value is -1.93. The summed E-state index contributed by atoms with van der Waals surface area (Å²) in [5.41, 5.74) is -0.0926. The van der Waals surface area contributed by atoms with E-state index in [1.54, 1.807) is 42.7 Å². The zero-order valence-electron chi connectivity index (χ0n) is 25.4. The maximum absolute atomic E-state index is 6.47. The highest BCUT2D eigenvalue weighted by Gasteiger charge is 2.61. The van der Waals surface area contributed by atoms with Crippen LogP contribution in [0.5, 0.6) is 0 Å². The quantitative estimate of drug-likeness (QED) is 0.237. The van der Waals surface area contributed by atoms with Crippen LogP contribution in [0.25, 0.3) is 0 Å². The van der Waals surface area contributed by atoms with Gasteiger partial charge in [0.25, 0.3) is 0 Å². The molecule has 3 rings (SSSR count). The molecule has 6 nitrogen and oxygen atoms in total. The van der Waals surface area contributed by atoms with Gasteiger partial charge in [-0.15, -0.1) is 0 Å². The minimum atomic E-state index is -3.00. The van der Waals surface area contributed by atoms with Crippen LogP contribution in [0, 0.1) is 5.92 Å². The molecule has 0 heterocycles. The lowest BCUT2D eigenvalue weighted by Gasteiger charge is -2.49.